The zero-order valence-electron chi connectivity index (χ0n) is 35.3. The Bertz CT molecular complexity index is 2110. The molecule has 3 saturated carbocycles. The Kier molecular flexibility index (Phi) is 12.1. The van der Waals surface area contributed by atoms with Gasteiger partial charge in [0.15, 0.2) is 11.6 Å². The van der Waals surface area contributed by atoms with E-state index < -0.39 is 82.0 Å². The molecule has 7 aliphatic rings. The molecule has 0 radical (unpaired) electrons. The lowest BCUT2D eigenvalue weighted by Crippen LogP contribution is -2.56. The zero-order chi connectivity index (χ0) is 44.6. The van der Waals surface area contributed by atoms with Crippen LogP contribution >= 0.6 is 0 Å². The first kappa shape index (κ1) is 44.0. The predicted octanol–water partition coefficient (Wildman–Crippen LogP) is 4.46. The fourth-order valence-electron chi connectivity index (χ4n) is 9.19. The lowest BCUT2D eigenvalue weighted by atomic mass is 9.72. The van der Waals surface area contributed by atoms with Gasteiger partial charge in [0, 0.05) is 50.4 Å². The van der Waals surface area contributed by atoms with Gasteiger partial charge in [-0.15, -0.1) is 0 Å². The SMILES string of the molecule is CC1CCC(C)C2(C1)OC(=O)C(/C=C/C=C/C=C1C(=O)OC3(CCC4(CC3)OC(=O)C(=CC=CC=CC3=C([O-])OC5(CC(C)CCC5C(C)C)OC3=O)C(=O)O4)OC1=O)=C([O-])O2. The maximum absolute atomic E-state index is 13.0. The van der Waals surface area contributed by atoms with Crippen LogP contribution in [0.2, 0.25) is 0 Å². The van der Waals surface area contributed by atoms with Gasteiger partial charge >= 0.3 is 35.8 Å². The molecule has 4 aliphatic heterocycles. The second-order valence-electron chi connectivity index (χ2n) is 17.6. The number of rotatable bonds is 7. The van der Waals surface area contributed by atoms with Gasteiger partial charge in [-0.25, -0.2) is 28.8 Å². The van der Waals surface area contributed by atoms with E-state index in [4.69, 9.17) is 37.9 Å². The lowest BCUT2D eigenvalue weighted by Gasteiger charge is -2.53. The van der Waals surface area contributed by atoms with Crippen molar-refractivity contribution in [2.45, 2.75) is 122 Å². The van der Waals surface area contributed by atoms with Crippen LogP contribution < -0.4 is 10.2 Å². The molecule has 16 nitrogen and oxygen atoms in total. The minimum atomic E-state index is -1.69. The molecule has 4 heterocycles. The summed E-state index contributed by atoms with van der Waals surface area (Å²) in [6.45, 7) is 9.92. The molecule has 3 aliphatic carbocycles. The summed E-state index contributed by atoms with van der Waals surface area (Å²) in [4.78, 5) is 77.6. The summed E-state index contributed by atoms with van der Waals surface area (Å²) in [5, 5.41) is 25.7. The molecular formula is C46H50O16-2. The highest BCUT2D eigenvalue weighted by Crippen LogP contribution is 2.48. The molecule has 0 aromatic rings. The Labute approximate surface area is 358 Å². The van der Waals surface area contributed by atoms with Crippen molar-refractivity contribution in [2.24, 2.45) is 29.6 Å². The van der Waals surface area contributed by atoms with Crippen molar-refractivity contribution < 1.29 is 76.9 Å². The summed E-state index contributed by atoms with van der Waals surface area (Å²) >= 11 is 0. The van der Waals surface area contributed by atoms with E-state index in [1.807, 2.05) is 34.6 Å². The quantitative estimate of drug-likeness (QED) is 0.113. The molecule has 332 valence electrons. The molecule has 4 spiro atoms. The van der Waals surface area contributed by atoms with Gasteiger partial charge in [-0.05, 0) is 54.9 Å². The Morgan fingerprint density at radius 1 is 0.500 bits per heavy atom. The highest BCUT2D eigenvalue weighted by molar-refractivity contribution is 6.16. The van der Waals surface area contributed by atoms with Crippen LogP contribution in [0.3, 0.4) is 0 Å². The number of allylic oxidation sites excluding steroid dienone is 8. The molecule has 7 rings (SSSR count). The largest absolute Gasteiger partial charge is 0.574 e. The number of hydrogen-bond donors (Lipinski definition) is 0. The molecule has 62 heavy (non-hydrogen) atoms. The highest BCUT2D eigenvalue weighted by Gasteiger charge is 2.57. The van der Waals surface area contributed by atoms with Gasteiger partial charge in [0.05, 0.1) is 23.0 Å². The van der Waals surface area contributed by atoms with Crippen LogP contribution in [0.15, 0.2) is 94.9 Å². The van der Waals surface area contributed by atoms with Crippen LogP contribution in [0, 0.1) is 29.6 Å². The normalized spacial score (nSPS) is 35.5. The summed E-state index contributed by atoms with van der Waals surface area (Å²) in [5.41, 5.74) is -1.42. The molecule has 0 N–H and O–H groups in total. The third kappa shape index (κ3) is 8.68. The number of carbonyl (C=O) groups is 6. The Balaban J connectivity index is 0.906. The molecular weight excluding hydrogens is 808 g/mol. The Morgan fingerprint density at radius 3 is 1.34 bits per heavy atom. The van der Waals surface area contributed by atoms with Gasteiger partial charge in [-0.2, -0.15) is 0 Å². The van der Waals surface area contributed by atoms with Crippen LogP contribution in [0.5, 0.6) is 0 Å². The fourth-order valence-corrected chi connectivity index (χ4v) is 9.19. The molecule has 0 aromatic carbocycles. The summed E-state index contributed by atoms with van der Waals surface area (Å²) < 4.78 is 45.0. The monoisotopic (exact) mass is 858 g/mol. The van der Waals surface area contributed by atoms with Gasteiger partial charge in [0.25, 0.3) is 11.6 Å². The molecule has 6 atom stereocenters. The van der Waals surface area contributed by atoms with Crippen molar-refractivity contribution >= 4 is 35.8 Å². The highest BCUT2D eigenvalue weighted by atomic mass is 16.8. The van der Waals surface area contributed by atoms with Crippen LogP contribution in [-0.4, -0.2) is 59.0 Å². The smallest absolute Gasteiger partial charge is 0.348 e. The topological polar surface area (TPSA) is 222 Å². The second-order valence-corrected chi connectivity index (χ2v) is 17.6. The summed E-state index contributed by atoms with van der Waals surface area (Å²) in [5.74, 6) is -12.7. The van der Waals surface area contributed by atoms with Crippen LogP contribution in [-0.2, 0) is 66.7 Å². The lowest BCUT2D eigenvalue weighted by molar-refractivity contribution is -0.411. The van der Waals surface area contributed by atoms with Gasteiger partial charge in [0.2, 0.25) is 0 Å². The first-order valence-corrected chi connectivity index (χ1v) is 21.1. The molecule has 5 fully saturated rings. The third-order valence-corrected chi connectivity index (χ3v) is 12.7. The average Bonchev–Trinajstić information content (AvgIpc) is 3.18. The van der Waals surface area contributed by atoms with Gasteiger partial charge < -0.3 is 48.1 Å². The van der Waals surface area contributed by atoms with Crippen molar-refractivity contribution in [1.82, 2.24) is 0 Å². The van der Waals surface area contributed by atoms with Gasteiger partial charge in [-0.1, -0.05) is 83.9 Å². The predicted molar refractivity (Wildman–Crippen MR) is 208 cm³/mol. The first-order chi connectivity index (χ1) is 29.4. The van der Waals surface area contributed by atoms with E-state index in [0.717, 1.165) is 37.8 Å². The van der Waals surface area contributed by atoms with E-state index in [2.05, 4.69) is 0 Å². The van der Waals surface area contributed by atoms with E-state index in [1.165, 1.54) is 48.6 Å². The number of hydrogen-bond acceptors (Lipinski definition) is 16. The van der Waals surface area contributed by atoms with Crippen molar-refractivity contribution in [3.63, 3.8) is 0 Å². The summed E-state index contributed by atoms with van der Waals surface area (Å²) in [6, 6.07) is 0. The molecule has 2 saturated heterocycles. The number of esters is 6. The standard InChI is InChI=1S/C46H52O16/c1-26(2)34-19-17-28(4)25-46(34)61-41(53)33(42(54)62-46)15-11-7-9-13-31-37(49)57-44(58-38(31)50)22-20-43(21-23-44)55-35(47)30(36(48)56-43)12-8-6-10-14-32-39(51)59-45(60-40(32)52)24-27(3)16-18-29(45)5/h6-15,26-29,34,51,53H,16-25H2,1-5H3/p-2/b8-6+,9-7?,14-10+,15-11?,30-12?,31-13?. The minimum Gasteiger partial charge on any atom is -0.574 e. The molecule has 0 amide bonds. The maximum Gasteiger partial charge on any atom is 0.348 e. The first-order valence-electron chi connectivity index (χ1n) is 21.1. The maximum atomic E-state index is 13.0. The zero-order valence-corrected chi connectivity index (χ0v) is 35.3. The Hall–Kier alpha value is -6.06. The van der Waals surface area contributed by atoms with Gasteiger partial charge in [0.1, 0.15) is 11.1 Å². The van der Waals surface area contributed by atoms with E-state index in [0.29, 0.717) is 12.8 Å². The van der Waals surface area contributed by atoms with Crippen molar-refractivity contribution in [2.75, 3.05) is 0 Å². The second kappa shape index (κ2) is 17.0. The third-order valence-electron chi connectivity index (χ3n) is 12.7. The van der Waals surface area contributed by atoms with E-state index >= 15 is 0 Å². The summed E-state index contributed by atoms with van der Waals surface area (Å²) in [7, 11) is 0. The van der Waals surface area contributed by atoms with Gasteiger partial charge in [-0.3, -0.25) is 0 Å². The van der Waals surface area contributed by atoms with Crippen molar-refractivity contribution in [1.29, 1.82) is 0 Å². The molecule has 16 heteroatoms. The van der Waals surface area contributed by atoms with Crippen LogP contribution in [0.4, 0.5) is 0 Å². The fraction of sp³-hybridized carbons (Fsp3) is 0.522. The number of ether oxygens (including phenoxy) is 8. The Morgan fingerprint density at radius 2 is 0.903 bits per heavy atom. The molecule has 0 bridgehead atoms. The number of carbonyl (C=O) groups excluding carboxylic acids is 6. The van der Waals surface area contributed by atoms with Crippen LogP contribution in [0.25, 0.3) is 0 Å². The van der Waals surface area contributed by atoms with E-state index in [9.17, 15) is 39.0 Å². The van der Waals surface area contributed by atoms with E-state index in [-0.39, 0.29) is 66.4 Å². The van der Waals surface area contributed by atoms with E-state index in [1.54, 1.807) is 0 Å². The van der Waals surface area contributed by atoms with Crippen molar-refractivity contribution in [3.05, 3.63) is 94.9 Å². The van der Waals surface area contributed by atoms with Crippen molar-refractivity contribution in [3.8, 4) is 0 Å². The molecule has 0 aromatic heterocycles. The van der Waals surface area contributed by atoms with Crippen LogP contribution in [0.1, 0.15) is 98.8 Å². The summed E-state index contributed by atoms with van der Waals surface area (Å²) in [6.07, 6.45) is 16.6. The average molecular weight is 859 g/mol. The minimum absolute atomic E-state index is 0.123. The molecule has 6 unspecified atom stereocenters.